The van der Waals surface area contributed by atoms with E-state index in [1.165, 1.54) is 8.61 Å². The zero-order chi connectivity index (χ0) is 16.1. The largest absolute Gasteiger partial charge is 0.495 e. The number of benzene rings is 1. The van der Waals surface area contributed by atoms with Crippen molar-refractivity contribution < 1.29 is 13.2 Å². The van der Waals surface area contributed by atoms with E-state index in [0.29, 0.717) is 6.54 Å². The molecule has 2 heterocycles. The summed E-state index contributed by atoms with van der Waals surface area (Å²) in [4.78, 5) is 0. The summed E-state index contributed by atoms with van der Waals surface area (Å²) in [5.41, 5.74) is 4.17. The van der Waals surface area contributed by atoms with E-state index in [0.717, 1.165) is 34.6 Å². The van der Waals surface area contributed by atoms with Crippen molar-refractivity contribution in [2.24, 2.45) is 0 Å². The summed E-state index contributed by atoms with van der Waals surface area (Å²) >= 11 is 0. The first-order valence-corrected chi connectivity index (χ1v) is 8.60. The van der Waals surface area contributed by atoms with Gasteiger partial charge in [-0.15, -0.1) is 0 Å². The molecule has 1 atom stereocenters. The van der Waals surface area contributed by atoms with Crippen LogP contribution in [0.2, 0.25) is 0 Å². The van der Waals surface area contributed by atoms with Crippen molar-refractivity contribution in [3.05, 3.63) is 28.8 Å². The zero-order valence-corrected chi connectivity index (χ0v) is 14.1. The molecular formula is C15H21N3O3S. The second-order valence-corrected chi connectivity index (χ2v) is 7.89. The van der Waals surface area contributed by atoms with Gasteiger partial charge in [0.15, 0.2) is 0 Å². The lowest BCUT2D eigenvalue weighted by molar-refractivity contribution is 0.384. The molecule has 2 aliphatic heterocycles. The fraction of sp³-hybridized carbons (Fsp3) is 0.467. The van der Waals surface area contributed by atoms with E-state index in [-0.39, 0.29) is 6.17 Å². The third-order valence-electron chi connectivity index (χ3n) is 4.27. The molecule has 0 radical (unpaired) electrons. The van der Waals surface area contributed by atoms with E-state index >= 15 is 0 Å². The smallest absolute Gasteiger partial charge is 0.283 e. The lowest BCUT2D eigenvalue weighted by atomic mass is 9.97. The standard InChI is InChI=1S/C15H21N3O3S/c1-10-5-6-13(21-4)14-12(10)9-11-7-8-18(15(11)16-14)22(19,20)17(2)3/h5-6,9,15-16H,7-8H2,1-4H3. The van der Waals surface area contributed by atoms with Crippen molar-refractivity contribution in [3.8, 4) is 5.75 Å². The number of hydrogen-bond acceptors (Lipinski definition) is 4. The molecule has 1 aromatic carbocycles. The van der Waals surface area contributed by atoms with Crippen LogP contribution in [0, 0.1) is 6.92 Å². The van der Waals surface area contributed by atoms with Gasteiger partial charge in [-0.05, 0) is 36.6 Å². The van der Waals surface area contributed by atoms with Crippen LogP contribution < -0.4 is 10.1 Å². The first kappa shape index (κ1) is 15.3. The number of methoxy groups -OCH3 is 1. The van der Waals surface area contributed by atoms with Gasteiger partial charge in [-0.1, -0.05) is 6.07 Å². The normalized spacial score (nSPS) is 21.1. The van der Waals surface area contributed by atoms with Crippen LogP contribution in [-0.2, 0) is 10.2 Å². The Balaban J connectivity index is 2.06. The zero-order valence-electron chi connectivity index (χ0n) is 13.3. The molecule has 120 valence electrons. The molecule has 1 saturated heterocycles. The highest BCUT2D eigenvalue weighted by Gasteiger charge is 2.41. The molecule has 0 spiro atoms. The highest BCUT2D eigenvalue weighted by Crippen LogP contribution is 2.41. The molecule has 0 amide bonds. The van der Waals surface area contributed by atoms with Gasteiger partial charge in [0.25, 0.3) is 10.2 Å². The van der Waals surface area contributed by atoms with Gasteiger partial charge in [0, 0.05) is 26.2 Å². The Labute approximate surface area is 131 Å². The van der Waals surface area contributed by atoms with Crippen molar-refractivity contribution in [1.29, 1.82) is 0 Å². The van der Waals surface area contributed by atoms with Crippen LogP contribution in [0.3, 0.4) is 0 Å². The molecule has 6 nitrogen and oxygen atoms in total. The summed E-state index contributed by atoms with van der Waals surface area (Å²) in [6.07, 6.45) is 2.50. The maximum Gasteiger partial charge on any atom is 0.283 e. The van der Waals surface area contributed by atoms with Crippen molar-refractivity contribution in [1.82, 2.24) is 8.61 Å². The second-order valence-electron chi connectivity index (χ2n) is 5.79. The van der Waals surface area contributed by atoms with E-state index in [4.69, 9.17) is 4.74 Å². The predicted molar refractivity (Wildman–Crippen MR) is 87.0 cm³/mol. The van der Waals surface area contributed by atoms with Gasteiger partial charge in [-0.2, -0.15) is 17.0 Å². The van der Waals surface area contributed by atoms with Crippen molar-refractivity contribution in [2.45, 2.75) is 19.5 Å². The maximum absolute atomic E-state index is 12.5. The Bertz CT molecular complexity index is 741. The molecular weight excluding hydrogens is 302 g/mol. The summed E-state index contributed by atoms with van der Waals surface area (Å²) in [7, 11) is 1.27. The summed E-state index contributed by atoms with van der Waals surface area (Å²) in [6, 6.07) is 3.92. The Kier molecular flexibility index (Phi) is 3.66. The summed E-state index contributed by atoms with van der Waals surface area (Å²) in [5.74, 6) is 0.727. The first-order chi connectivity index (χ1) is 10.4. The van der Waals surface area contributed by atoms with Gasteiger partial charge in [0.2, 0.25) is 0 Å². The van der Waals surface area contributed by atoms with E-state index in [1.54, 1.807) is 21.2 Å². The lowest BCUT2D eigenvalue weighted by Gasteiger charge is -2.32. The van der Waals surface area contributed by atoms with Crippen molar-refractivity contribution in [2.75, 3.05) is 33.1 Å². The number of rotatable bonds is 3. The Morgan fingerprint density at radius 2 is 2.09 bits per heavy atom. The molecule has 0 bridgehead atoms. The number of fused-ring (bicyclic) bond motifs is 2. The Morgan fingerprint density at radius 3 is 2.73 bits per heavy atom. The molecule has 22 heavy (non-hydrogen) atoms. The number of nitrogens with one attached hydrogen (secondary N) is 1. The van der Waals surface area contributed by atoms with Crippen LogP contribution >= 0.6 is 0 Å². The average Bonchev–Trinajstić information content (AvgIpc) is 2.89. The number of hydrogen-bond donors (Lipinski definition) is 1. The van der Waals surface area contributed by atoms with Crippen LogP contribution in [0.5, 0.6) is 5.75 Å². The highest BCUT2D eigenvalue weighted by atomic mass is 32.2. The second kappa shape index (κ2) is 5.26. The number of ether oxygens (including phenoxy) is 1. The molecule has 2 aliphatic rings. The molecule has 0 aromatic heterocycles. The monoisotopic (exact) mass is 323 g/mol. The molecule has 0 saturated carbocycles. The van der Waals surface area contributed by atoms with E-state index in [9.17, 15) is 8.42 Å². The lowest BCUT2D eigenvalue weighted by Crippen LogP contribution is -2.46. The molecule has 1 N–H and O–H groups in total. The van der Waals surface area contributed by atoms with Gasteiger partial charge in [0.05, 0.1) is 12.8 Å². The highest BCUT2D eigenvalue weighted by molar-refractivity contribution is 7.86. The summed E-state index contributed by atoms with van der Waals surface area (Å²) < 4.78 is 33.1. The summed E-state index contributed by atoms with van der Waals surface area (Å²) in [6.45, 7) is 2.53. The van der Waals surface area contributed by atoms with Crippen LogP contribution in [-0.4, -0.2) is 50.9 Å². The average molecular weight is 323 g/mol. The number of aryl methyl sites for hydroxylation is 1. The Hall–Kier alpha value is -1.57. The molecule has 1 unspecified atom stereocenters. The maximum atomic E-state index is 12.5. The topological polar surface area (TPSA) is 61.9 Å². The predicted octanol–water partition coefficient (Wildman–Crippen LogP) is 1.65. The SMILES string of the molecule is COc1ccc(C)c2c1NC1C(=C2)CCN1S(=O)(=O)N(C)C. The van der Waals surface area contributed by atoms with Crippen molar-refractivity contribution >= 4 is 22.0 Å². The Morgan fingerprint density at radius 1 is 1.36 bits per heavy atom. The molecule has 1 aromatic rings. The molecule has 7 heteroatoms. The minimum atomic E-state index is -3.46. The third-order valence-corrected chi connectivity index (χ3v) is 6.18. The third kappa shape index (κ3) is 2.20. The minimum Gasteiger partial charge on any atom is -0.495 e. The van der Waals surface area contributed by atoms with E-state index in [2.05, 4.69) is 11.4 Å². The van der Waals surface area contributed by atoms with E-state index < -0.39 is 10.2 Å². The fourth-order valence-electron chi connectivity index (χ4n) is 2.99. The van der Waals surface area contributed by atoms with Gasteiger partial charge in [-0.3, -0.25) is 0 Å². The molecule has 0 aliphatic carbocycles. The molecule has 3 rings (SSSR count). The summed E-state index contributed by atoms with van der Waals surface area (Å²) in [5, 5.41) is 3.36. The number of anilines is 1. The van der Waals surface area contributed by atoms with Crippen LogP contribution in [0.25, 0.3) is 6.08 Å². The van der Waals surface area contributed by atoms with Crippen molar-refractivity contribution in [3.63, 3.8) is 0 Å². The van der Waals surface area contributed by atoms with Gasteiger partial charge in [0.1, 0.15) is 11.9 Å². The van der Waals surface area contributed by atoms with Gasteiger partial charge < -0.3 is 10.1 Å². The van der Waals surface area contributed by atoms with E-state index in [1.807, 2.05) is 19.1 Å². The fourth-order valence-corrected chi connectivity index (χ4v) is 4.19. The number of nitrogens with zero attached hydrogens (tertiary/aromatic N) is 2. The molecule has 1 fully saturated rings. The van der Waals surface area contributed by atoms with Crippen LogP contribution in [0.1, 0.15) is 17.5 Å². The first-order valence-electron chi connectivity index (χ1n) is 7.20. The van der Waals surface area contributed by atoms with Crippen LogP contribution in [0.4, 0.5) is 5.69 Å². The minimum absolute atomic E-state index is 0.337. The van der Waals surface area contributed by atoms with Gasteiger partial charge >= 0.3 is 0 Å². The van der Waals surface area contributed by atoms with Crippen LogP contribution in [0.15, 0.2) is 17.7 Å². The van der Waals surface area contributed by atoms with Gasteiger partial charge in [-0.25, -0.2) is 0 Å². The quantitative estimate of drug-likeness (QED) is 0.919.